The number of pyridine rings is 1. The lowest BCUT2D eigenvalue weighted by molar-refractivity contribution is 0.767. The molecule has 0 unspecified atom stereocenters. The summed E-state index contributed by atoms with van der Waals surface area (Å²) in [5.74, 6) is 0.875. The van der Waals surface area contributed by atoms with Crippen LogP contribution < -0.4 is 5.32 Å². The zero-order valence-electron chi connectivity index (χ0n) is 8.94. The van der Waals surface area contributed by atoms with Crippen molar-refractivity contribution in [2.75, 3.05) is 5.32 Å². The van der Waals surface area contributed by atoms with Crippen LogP contribution in [0.15, 0.2) is 30.6 Å². The fraction of sp³-hybridized carbons (Fsp3) is 0.273. The third-order valence-corrected chi connectivity index (χ3v) is 2.14. The second-order valence-electron chi connectivity index (χ2n) is 3.56. The zero-order valence-corrected chi connectivity index (χ0v) is 8.94. The first-order valence-corrected chi connectivity index (χ1v) is 4.89. The predicted octanol–water partition coefficient (Wildman–Crippen LogP) is 1.74. The van der Waals surface area contributed by atoms with E-state index in [4.69, 9.17) is 0 Å². The molecule has 2 aromatic rings. The maximum absolute atomic E-state index is 4.30. The van der Waals surface area contributed by atoms with Gasteiger partial charge in [0.15, 0.2) is 0 Å². The van der Waals surface area contributed by atoms with Crippen LogP contribution in [0.2, 0.25) is 0 Å². The lowest BCUT2D eigenvalue weighted by Crippen LogP contribution is -2.02. The van der Waals surface area contributed by atoms with Crippen LogP contribution in [-0.2, 0) is 13.6 Å². The third kappa shape index (κ3) is 2.56. The Labute approximate surface area is 89.0 Å². The average molecular weight is 202 g/mol. The molecular weight excluding hydrogens is 188 g/mol. The van der Waals surface area contributed by atoms with Gasteiger partial charge in [0, 0.05) is 25.5 Å². The van der Waals surface area contributed by atoms with Gasteiger partial charge in [-0.05, 0) is 18.6 Å². The van der Waals surface area contributed by atoms with Crippen LogP contribution >= 0.6 is 0 Å². The van der Waals surface area contributed by atoms with E-state index in [-0.39, 0.29) is 0 Å². The molecule has 15 heavy (non-hydrogen) atoms. The highest BCUT2D eigenvalue weighted by atomic mass is 15.3. The number of hydrogen-bond acceptors (Lipinski definition) is 3. The molecule has 0 spiro atoms. The van der Waals surface area contributed by atoms with Crippen molar-refractivity contribution >= 4 is 5.82 Å². The monoisotopic (exact) mass is 202 g/mol. The van der Waals surface area contributed by atoms with E-state index >= 15 is 0 Å². The molecule has 78 valence electrons. The van der Waals surface area contributed by atoms with Gasteiger partial charge < -0.3 is 5.32 Å². The van der Waals surface area contributed by atoms with Gasteiger partial charge in [0.05, 0.1) is 12.2 Å². The lowest BCUT2D eigenvalue weighted by atomic mass is 10.3. The molecule has 0 amide bonds. The van der Waals surface area contributed by atoms with Crippen LogP contribution in [-0.4, -0.2) is 14.8 Å². The molecule has 0 aliphatic carbocycles. The van der Waals surface area contributed by atoms with Gasteiger partial charge >= 0.3 is 0 Å². The first-order chi connectivity index (χ1) is 7.24. The van der Waals surface area contributed by atoms with Crippen molar-refractivity contribution in [1.82, 2.24) is 14.8 Å². The van der Waals surface area contributed by atoms with E-state index in [1.165, 1.54) is 5.56 Å². The van der Waals surface area contributed by atoms with E-state index < -0.39 is 0 Å². The van der Waals surface area contributed by atoms with Crippen molar-refractivity contribution in [3.8, 4) is 0 Å². The normalized spacial score (nSPS) is 10.3. The standard InChI is InChI=1S/C11H14N4/c1-9-3-4-10(12-7-9)8-13-11-5-6-15(2)14-11/h3-7H,8H2,1-2H3,(H,13,14). The number of anilines is 1. The van der Waals surface area contributed by atoms with Crippen molar-refractivity contribution in [3.63, 3.8) is 0 Å². The molecule has 0 aliphatic heterocycles. The number of nitrogens with zero attached hydrogens (tertiary/aromatic N) is 3. The van der Waals surface area contributed by atoms with Gasteiger partial charge in [0.25, 0.3) is 0 Å². The topological polar surface area (TPSA) is 42.7 Å². The zero-order chi connectivity index (χ0) is 10.7. The fourth-order valence-corrected chi connectivity index (χ4v) is 1.29. The third-order valence-electron chi connectivity index (χ3n) is 2.14. The first kappa shape index (κ1) is 9.71. The molecule has 4 nitrogen and oxygen atoms in total. The Morgan fingerprint density at radius 1 is 1.33 bits per heavy atom. The molecule has 0 aliphatic rings. The Hall–Kier alpha value is -1.84. The van der Waals surface area contributed by atoms with Crippen LogP contribution in [0.1, 0.15) is 11.3 Å². The largest absolute Gasteiger partial charge is 0.363 e. The van der Waals surface area contributed by atoms with Crippen LogP contribution in [0.3, 0.4) is 0 Å². The molecule has 2 aromatic heterocycles. The molecule has 1 N–H and O–H groups in total. The SMILES string of the molecule is Cc1ccc(CNc2ccn(C)n2)nc1. The van der Waals surface area contributed by atoms with Crippen molar-refractivity contribution in [2.24, 2.45) is 7.05 Å². The second kappa shape index (κ2) is 4.13. The molecule has 0 fully saturated rings. The van der Waals surface area contributed by atoms with Crippen LogP contribution in [0, 0.1) is 6.92 Å². The highest BCUT2D eigenvalue weighted by Gasteiger charge is 1.97. The molecule has 0 saturated heterocycles. The smallest absolute Gasteiger partial charge is 0.148 e. The van der Waals surface area contributed by atoms with Gasteiger partial charge in [0.2, 0.25) is 0 Å². The van der Waals surface area contributed by atoms with E-state index in [1.54, 1.807) is 4.68 Å². The summed E-state index contributed by atoms with van der Waals surface area (Å²) in [6.45, 7) is 2.74. The predicted molar refractivity (Wildman–Crippen MR) is 59.5 cm³/mol. The molecule has 0 radical (unpaired) electrons. The maximum atomic E-state index is 4.30. The second-order valence-corrected chi connectivity index (χ2v) is 3.56. The van der Waals surface area contributed by atoms with Gasteiger partial charge in [-0.2, -0.15) is 5.10 Å². The molecule has 0 saturated carbocycles. The Balaban J connectivity index is 1.96. The minimum atomic E-state index is 0.706. The lowest BCUT2D eigenvalue weighted by Gasteiger charge is -2.02. The fourth-order valence-electron chi connectivity index (χ4n) is 1.29. The molecule has 0 aromatic carbocycles. The summed E-state index contributed by atoms with van der Waals surface area (Å²) in [7, 11) is 1.90. The van der Waals surface area contributed by atoms with Crippen molar-refractivity contribution in [1.29, 1.82) is 0 Å². The van der Waals surface area contributed by atoms with E-state index in [1.807, 2.05) is 38.5 Å². The Morgan fingerprint density at radius 2 is 2.20 bits per heavy atom. The highest BCUT2D eigenvalue weighted by molar-refractivity contribution is 5.32. The summed E-state index contributed by atoms with van der Waals surface area (Å²) in [6, 6.07) is 6.02. The minimum Gasteiger partial charge on any atom is -0.363 e. The number of aryl methyl sites for hydroxylation is 2. The van der Waals surface area contributed by atoms with Crippen molar-refractivity contribution in [3.05, 3.63) is 41.9 Å². The summed E-state index contributed by atoms with van der Waals surface area (Å²) in [6.07, 6.45) is 3.78. The van der Waals surface area contributed by atoms with Crippen LogP contribution in [0.25, 0.3) is 0 Å². The van der Waals surface area contributed by atoms with Gasteiger partial charge in [-0.15, -0.1) is 0 Å². The Bertz CT molecular complexity index is 430. The van der Waals surface area contributed by atoms with E-state index in [0.717, 1.165) is 11.5 Å². The van der Waals surface area contributed by atoms with Crippen molar-refractivity contribution in [2.45, 2.75) is 13.5 Å². The quantitative estimate of drug-likeness (QED) is 0.824. The highest BCUT2D eigenvalue weighted by Crippen LogP contribution is 2.04. The average Bonchev–Trinajstić information content (AvgIpc) is 2.64. The molecule has 2 heterocycles. The number of nitrogens with one attached hydrogen (secondary N) is 1. The van der Waals surface area contributed by atoms with E-state index in [0.29, 0.717) is 6.54 Å². The van der Waals surface area contributed by atoms with Crippen LogP contribution in [0.5, 0.6) is 0 Å². The molecule has 4 heteroatoms. The minimum absolute atomic E-state index is 0.706. The van der Waals surface area contributed by atoms with Gasteiger partial charge in [-0.1, -0.05) is 6.07 Å². The summed E-state index contributed by atoms with van der Waals surface area (Å²) in [4.78, 5) is 4.30. The molecule has 2 rings (SSSR count). The Morgan fingerprint density at radius 3 is 2.80 bits per heavy atom. The summed E-state index contributed by atoms with van der Waals surface area (Å²) < 4.78 is 1.77. The number of rotatable bonds is 3. The summed E-state index contributed by atoms with van der Waals surface area (Å²) >= 11 is 0. The van der Waals surface area contributed by atoms with E-state index in [9.17, 15) is 0 Å². The molecule has 0 bridgehead atoms. The molecular formula is C11H14N4. The number of aromatic nitrogens is 3. The van der Waals surface area contributed by atoms with Gasteiger partial charge in [-0.3, -0.25) is 9.67 Å². The van der Waals surface area contributed by atoms with E-state index in [2.05, 4.69) is 21.5 Å². The first-order valence-electron chi connectivity index (χ1n) is 4.89. The van der Waals surface area contributed by atoms with Gasteiger partial charge in [-0.25, -0.2) is 0 Å². The summed E-state index contributed by atoms with van der Waals surface area (Å²) in [5, 5.41) is 7.43. The summed E-state index contributed by atoms with van der Waals surface area (Å²) in [5.41, 5.74) is 2.20. The van der Waals surface area contributed by atoms with Crippen LogP contribution in [0.4, 0.5) is 5.82 Å². The van der Waals surface area contributed by atoms with Crippen molar-refractivity contribution < 1.29 is 0 Å². The van der Waals surface area contributed by atoms with Gasteiger partial charge in [0.1, 0.15) is 5.82 Å². The maximum Gasteiger partial charge on any atom is 0.148 e. The molecule has 0 atom stereocenters. The Kier molecular flexibility index (Phi) is 2.67. The number of hydrogen-bond donors (Lipinski definition) is 1.